The van der Waals surface area contributed by atoms with Gasteiger partial charge in [-0.05, 0) is 98.6 Å². The van der Waals surface area contributed by atoms with Crippen LogP contribution in [-0.2, 0) is 31.2 Å². The Morgan fingerprint density at radius 3 is 2.77 bits per heavy atom. The maximum Gasteiger partial charge on any atom is 0.305 e. The Hall–Kier alpha value is -3.78. The number of carbonyl (C=O) groups is 2. The third-order valence-electron chi connectivity index (χ3n) is 12.2. The molecule has 0 radical (unpaired) electrons. The monoisotopic (exact) mass is 762 g/mol. The van der Waals surface area contributed by atoms with E-state index in [4.69, 9.17) is 30.8 Å². The maximum atomic E-state index is 14.9. The second-order valence-electron chi connectivity index (χ2n) is 15.5. The highest BCUT2D eigenvalue weighted by molar-refractivity contribution is 7.93. The van der Waals surface area contributed by atoms with Crippen LogP contribution < -0.4 is 14.4 Å². The summed E-state index contributed by atoms with van der Waals surface area (Å²) in [5.74, 6) is 0.201. The summed E-state index contributed by atoms with van der Waals surface area (Å²) < 4.78 is 41.5. The molecule has 8 rings (SSSR count). The molecule has 7 atom stereocenters. The average Bonchev–Trinajstić information content (AvgIpc) is 3.53. The fraction of sp³-hybridized carbons (Fsp3) is 0.538. The first kappa shape index (κ1) is 36.2. The summed E-state index contributed by atoms with van der Waals surface area (Å²) in [6, 6.07) is 9.57. The standard InChI is InChI=1S/C39H47ClN6O6S/c1-24-6-4-8-34(50-3)31-11-9-27(31)18-45-22-39(15-5-7-26-16-29(40)10-12-32(26)39)23-52-35-14-13-33(42-36(35)45)38(48)44-53(49,25(24)2)43-37(47)28-17-41-46(19-28)30-20-51-21-30/h4,8,10,12-14,16-17,19,24-25,27,30-31,34H,5-7,9,11,15,18,20-23H2,1-3H3,(H,43,44,47,48,49)/b8-4-/t24-,25+,27-,31+,34-,39-,53?/m0/s1. The minimum Gasteiger partial charge on any atom is -0.489 e. The third-order valence-corrected chi connectivity index (χ3v) is 14.8. The quantitative estimate of drug-likeness (QED) is 0.320. The van der Waals surface area contributed by atoms with E-state index in [2.05, 4.69) is 43.4 Å². The number of aromatic nitrogens is 3. The zero-order valence-corrected chi connectivity index (χ0v) is 32.0. The molecule has 3 aromatic rings. The van der Waals surface area contributed by atoms with Crippen molar-refractivity contribution in [2.75, 3.05) is 44.9 Å². The van der Waals surface area contributed by atoms with E-state index >= 15 is 0 Å². The van der Waals surface area contributed by atoms with Crippen LogP contribution in [0, 0.1) is 17.8 Å². The lowest BCUT2D eigenvalue weighted by Gasteiger charge is -2.45. The van der Waals surface area contributed by atoms with Gasteiger partial charge >= 0.3 is 5.91 Å². The van der Waals surface area contributed by atoms with Crippen molar-refractivity contribution in [2.24, 2.45) is 22.1 Å². The minimum absolute atomic E-state index is 0.0377. The van der Waals surface area contributed by atoms with Gasteiger partial charge in [0.15, 0.2) is 11.6 Å². The first-order chi connectivity index (χ1) is 25.6. The normalized spacial score (nSPS) is 32.2. The predicted octanol–water partition coefficient (Wildman–Crippen LogP) is 5.95. The van der Waals surface area contributed by atoms with E-state index in [1.54, 1.807) is 37.0 Å². The van der Waals surface area contributed by atoms with Crippen LogP contribution in [0.1, 0.15) is 84.0 Å². The molecule has 2 fully saturated rings. The first-order valence-electron chi connectivity index (χ1n) is 18.7. The molecule has 1 saturated heterocycles. The number of ether oxygens (including phenoxy) is 3. The molecule has 1 N–H and O–H groups in total. The molecule has 12 nitrogen and oxygen atoms in total. The van der Waals surface area contributed by atoms with Gasteiger partial charge in [-0.3, -0.25) is 19.0 Å². The summed E-state index contributed by atoms with van der Waals surface area (Å²) in [4.78, 5) is 34.9. The SMILES string of the molecule is CO[C@H]1/C=C\C[C@H](C)[C@@H](C)S(=O)(NC(=O)c2cnn(C3COC3)c2)=NC(=O)c2ccc3c(n2)N(C[C@@H]2CC[C@H]21)C[C@@]1(CCCc2cc(Cl)ccc21)CO3. The van der Waals surface area contributed by atoms with Gasteiger partial charge in [0, 0.05) is 36.8 Å². The van der Waals surface area contributed by atoms with Gasteiger partial charge < -0.3 is 19.1 Å². The van der Waals surface area contributed by atoms with Crippen LogP contribution in [0.5, 0.6) is 5.75 Å². The number of benzene rings is 1. The van der Waals surface area contributed by atoms with Crippen molar-refractivity contribution >= 4 is 39.1 Å². The summed E-state index contributed by atoms with van der Waals surface area (Å²) in [5, 5.41) is 4.34. The minimum atomic E-state index is -3.67. The number of nitrogens with one attached hydrogen (secondary N) is 1. The lowest BCUT2D eigenvalue weighted by molar-refractivity contribution is -0.0286. The number of carbonyl (C=O) groups excluding carboxylic acids is 2. The zero-order valence-electron chi connectivity index (χ0n) is 30.4. The second kappa shape index (κ2) is 14.5. The van der Waals surface area contributed by atoms with Crippen LogP contribution in [-0.4, -0.2) is 82.2 Å². The van der Waals surface area contributed by atoms with E-state index in [1.165, 1.54) is 17.3 Å². The third kappa shape index (κ3) is 6.90. The summed E-state index contributed by atoms with van der Waals surface area (Å²) in [6.07, 6.45) is 12.7. The van der Waals surface area contributed by atoms with Crippen molar-refractivity contribution in [3.63, 3.8) is 0 Å². The highest BCUT2D eigenvalue weighted by Crippen LogP contribution is 2.46. The van der Waals surface area contributed by atoms with Crippen LogP contribution >= 0.6 is 11.6 Å². The number of anilines is 1. The number of nitrogens with zero attached hydrogens (tertiary/aromatic N) is 5. The van der Waals surface area contributed by atoms with E-state index in [0.717, 1.165) is 37.1 Å². The molecule has 5 aliphatic rings. The van der Waals surface area contributed by atoms with Gasteiger partial charge in [-0.1, -0.05) is 36.7 Å². The van der Waals surface area contributed by atoms with Crippen molar-refractivity contribution in [1.29, 1.82) is 0 Å². The molecule has 1 saturated carbocycles. The van der Waals surface area contributed by atoms with Crippen molar-refractivity contribution in [3.05, 3.63) is 82.3 Å². The number of allylic oxidation sites excluding steroid dienone is 1. The number of pyridine rings is 1. The fourth-order valence-electron chi connectivity index (χ4n) is 8.56. The van der Waals surface area contributed by atoms with Gasteiger partial charge in [0.2, 0.25) is 0 Å². The number of hydrogen-bond donors (Lipinski definition) is 1. The van der Waals surface area contributed by atoms with Gasteiger partial charge in [-0.15, -0.1) is 4.36 Å². The van der Waals surface area contributed by atoms with E-state index in [0.29, 0.717) is 62.7 Å². The molecule has 14 heteroatoms. The molecule has 2 aliphatic carbocycles. The Kier molecular flexibility index (Phi) is 9.88. The number of amides is 2. The van der Waals surface area contributed by atoms with Crippen molar-refractivity contribution in [2.45, 2.75) is 75.2 Å². The number of halogens is 1. The molecule has 282 valence electrons. The Labute approximate surface area is 315 Å². The number of rotatable bonds is 4. The fourth-order valence-corrected chi connectivity index (χ4v) is 10.6. The van der Waals surface area contributed by atoms with Gasteiger partial charge in [0.1, 0.15) is 15.6 Å². The summed E-state index contributed by atoms with van der Waals surface area (Å²) >= 11 is 6.46. The summed E-state index contributed by atoms with van der Waals surface area (Å²) in [7, 11) is -1.91. The van der Waals surface area contributed by atoms with Crippen LogP contribution in [0.15, 0.2) is 59.2 Å². The van der Waals surface area contributed by atoms with Crippen molar-refractivity contribution in [3.8, 4) is 5.75 Å². The molecule has 1 spiro atoms. The van der Waals surface area contributed by atoms with Gasteiger partial charge in [-0.25, -0.2) is 9.19 Å². The second-order valence-corrected chi connectivity index (χ2v) is 18.2. The van der Waals surface area contributed by atoms with Gasteiger partial charge in [-0.2, -0.15) is 5.10 Å². The molecule has 2 bridgehead atoms. The smallest absolute Gasteiger partial charge is 0.305 e. The molecular weight excluding hydrogens is 716 g/mol. The molecule has 1 unspecified atom stereocenters. The van der Waals surface area contributed by atoms with E-state index in [1.807, 2.05) is 13.0 Å². The lowest BCUT2D eigenvalue weighted by atomic mass is 9.68. The Morgan fingerprint density at radius 2 is 2.02 bits per heavy atom. The number of aryl methyl sites for hydroxylation is 1. The molecular formula is C39H47ClN6O6S. The number of hydrogen-bond acceptors (Lipinski definition) is 9. The van der Waals surface area contributed by atoms with E-state index in [9.17, 15) is 13.8 Å². The molecule has 2 amide bonds. The highest BCUT2D eigenvalue weighted by atomic mass is 35.5. The lowest BCUT2D eigenvalue weighted by Crippen LogP contribution is -2.49. The Bertz CT molecular complexity index is 2060. The van der Waals surface area contributed by atoms with Gasteiger partial charge in [0.05, 0.1) is 49.0 Å². The van der Waals surface area contributed by atoms with Crippen LogP contribution in [0.4, 0.5) is 5.82 Å². The Morgan fingerprint density at radius 1 is 1.17 bits per heavy atom. The number of methoxy groups -OCH3 is 1. The number of fused-ring (bicyclic) bond motifs is 4. The van der Waals surface area contributed by atoms with Crippen LogP contribution in [0.3, 0.4) is 0 Å². The molecule has 5 heterocycles. The Balaban J connectivity index is 1.19. The predicted molar refractivity (Wildman–Crippen MR) is 202 cm³/mol. The maximum absolute atomic E-state index is 14.9. The molecule has 53 heavy (non-hydrogen) atoms. The van der Waals surface area contributed by atoms with Crippen LogP contribution in [0.2, 0.25) is 5.02 Å². The summed E-state index contributed by atoms with van der Waals surface area (Å²) in [5.41, 5.74) is 2.44. The largest absolute Gasteiger partial charge is 0.489 e. The highest BCUT2D eigenvalue weighted by Gasteiger charge is 2.45. The van der Waals surface area contributed by atoms with Crippen LogP contribution in [0.25, 0.3) is 0 Å². The molecule has 3 aliphatic heterocycles. The topological polar surface area (TPSA) is 137 Å². The van der Waals surface area contributed by atoms with E-state index < -0.39 is 27.0 Å². The van der Waals surface area contributed by atoms with Crippen molar-refractivity contribution < 1.29 is 28.0 Å². The van der Waals surface area contributed by atoms with Crippen molar-refractivity contribution in [1.82, 2.24) is 19.5 Å². The molecule has 2 aromatic heterocycles. The average molecular weight is 763 g/mol. The molecule has 1 aromatic carbocycles. The zero-order chi connectivity index (χ0) is 36.9. The summed E-state index contributed by atoms with van der Waals surface area (Å²) in [6.45, 7) is 6.56. The first-order valence-corrected chi connectivity index (χ1v) is 20.6. The van der Waals surface area contributed by atoms with Gasteiger partial charge in [0.25, 0.3) is 5.91 Å². The van der Waals surface area contributed by atoms with E-state index in [-0.39, 0.29) is 34.7 Å².